The van der Waals surface area contributed by atoms with Gasteiger partial charge in [-0.1, -0.05) is 6.07 Å². The topological polar surface area (TPSA) is 64.3 Å². The Kier molecular flexibility index (Phi) is 5.03. The number of carbonyl (C=O) groups is 1. The smallest absolute Gasteiger partial charge is 0.253 e. The molecule has 6 nitrogen and oxygen atoms in total. The fraction of sp³-hybridized carbons (Fsp3) is 0.238. The number of hydrogen-bond donors (Lipinski definition) is 0. The zero-order valence-corrected chi connectivity index (χ0v) is 17.1. The number of carbonyl (C=O) groups excluding carboxylic acids is 1. The molecule has 8 heteroatoms. The summed E-state index contributed by atoms with van der Waals surface area (Å²) in [7, 11) is 0. The summed E-state index contributed by atoms with van der Waals surface area (Å²) in [6.45, 7) is 1.10. The van der Waals surface area contributed by atoms with E-state index >= 15 is 0 Å². The van der Waals surface area contributed by atoms with Gasteiger partial charge < -0.3 is 13.9 Å². The number of furan rings is 1. The van der Waals surface area contributed by atoms with E-state index in [1.807, 2.05) is 47.8 Å². The molecule has 0 radical (unpaired) electrons. The molecule has 1 aromatic carbocycles. The average Bonchev–Trinajstić information content (AvgIpc) is 3.52. The van der Waals surface area contributed by atoms with Crippen molar-refractivity contribution in [3.05, 3.63) is 64.7 Å². The third-order valence-electron chi connectivity index (χ3n) is 4.72. The molecule has 3 aromatic rings. The van der Waals surface area contributed by atoms with Crippen molar-refractivity contribution < 1.29 is 18.7 Å². The molecule has 4 heterocycles. The Morgan fingerprint density at radius 3 is 2.86 bits per heavy atom. The van der Waals surface area contributed by atoms with Gasteiger partial charge in [0.05, 0.1) is 22.6 Å². The molecule has 0 spiro atoms. The van der Waals surface area contributed by atoms with Crippen LogP contribution in [-0.2, 0) is 4.79 Å². The number of thioether (sulfide) groups is 1. The van der Waals surface area contributed by atoms with Crippen molar-refractivity contribution in [2.75, 3.05) is 19.0 Å². The second kappa shape index (κ2) is 7.96. The van der Waals surface area contributed by atoms with Crippen molar-refractivity contribution >= 4 is 34.7 Å². The van der Waals surface area contributed by atoms with E-state index in [9.17, 15) is 4.79 Å². The number of amides is 1. The lowest BCUT2D eigenvalue weighted by atomic mass is 10.1. The summed E-state index contributed by atoms with van der Waals surface area (Å²) >= 11 is 3.09. The number of nitrogens with zero attached hydrogens (tertiary/aromatic N) is 2. The first-order chi connectivity index (χ1) is 14.3. The minimum Gasteiger partial charge on any atom is -0.486 e. The Bertz CT molecular complexity index is 1030. The lowest BCUT2D eigenvalue weighted by Crippen LogP contribution is -2.28. The predicted molar refractivity (Wildman–Crippen MR) is 112 cm³/mol. The lowest BCUT2D eigenvalue weighted by Gasteiger charge is -2.20. The number of hydrazone groups is 1. The summed E-state index contributed by atoms with van der Waals surface area (Å²) < 4.78 is 16.8. The van der Waals surface area contributed by atoms with Crippen LogP contribution in [0, 0.1) is 0 Å². The minimum absolute atomic E-state index is 0.0576. The molecule has 148 valence electrons. The quantitative estimate of drug-likeness (QED) is 0.559. The standard InChI is InChI=1S/C21H18N2O4S2/c24-21(13-29-14-5-6-18-19(11-14)27-9-8-26-18)23-16(17-3-1-7-25-17)12-15(22-23)20-4-2-10-28-20/h1-7,10-11,16H,8-9,12-13H2. The van der Waals surface area contributed by atoms with Gasteiger partial charge in [-0.25, -0.2) is 5.01 Å². The van der Waals surface area contributed by atoms with Crippen molar-refractivity contribution in [2.45, 2.75) is 17.4 Å². The largest absolute Gasteiger partial charge is 0.486 e. The number of hydrogen-bond acceptors (Lipinski definition) is 7. The van der Waals surface area contributed by atoms with Gasteiger partial charge in [0.2, 0.25) is 0 Å². The maximum Gasteiger partial charge on any atom is 0.253 e. The Balaban J connectivity index is 1.32. The van der Waals surface area contributed by atoms with Crippen LogP contribution in [0.15, 0.2) is 68.5 Å². The highest BCUT2D eigenvalue weighted by Gasteiger charge is 2.35. The first kappa shape index (κ1) is 18.3. The maximum absolute atomic E-state index is 13.0. The van der Waals surface area contributed by atoms with E-state index in [1.165, 1.54) is 11.8 Å². The van der Waals surface area contributed by atoms with E-state index in [0.29, 0.717) is 19.6 Å². The van der Waals surface area contributed by atoms with Crippen molar-refractivity contribution in [2.24, 2.45) is 5.10 Å². The summed E-state index contributed by atoms with van der Waals surface area (Å²) in [5, 5.41) is 8.23. The molecule has 1 atom stereocenters. The second-order valence-corrected chi connectivity index (χ2v) is 8.59. The molecule has 5 rings (SSSR count). The molecule has 0 saturated heterocycles. The SMILES string of the molecule is O=C(CSc1ccc2c(c1)OCCO2)N1N=C(c2cccs2)CC1c1ccco1. The van der Waals surface area contributed by atoms with Gasteiger partial charge in [0.25, 0.3) is 5.91 Å². The fourth-order valence-corrected chi connectivity index (χ4v) is 4.86. The highest BCUT2D eigenvalue weighted by atomic mass is 32.2. The summed E-state index contributed by atoms with van der Waals surface area (Å²) in [5.41, 5.74) is 0.916. The van der Waals surface area contributed by atoms with Crippen LogP contribution in [0.4, 0.5) is 0 Å². The summed E-state index contributed by atoms with van der Waals surface area (Å²) in [5.74, 6) is 2.43. The summed E-state index contributed by atoms with van der Waals surface area (Å²) in [4.78, 5) is 15.1. The van der Waals surface area contributed by atoms with E-state index in [-0.39, 0.29) is 17.7 Å². The van der Waals surface area contributed by atoms with Crippen molar-refractivity contribution in [1.29, 1.82) is 0 Å². The second-order valence-electron chi connectivity index (χ2n) is 6.59. The van der Waals surface area contributed by atoms with Gasteiger partial charge in [0.15, 0.2) is 11.5 Å². The number of rotatable bonds is 5. The van der Waals surface area contributed by atoms with Gasteiger partial charge >= 0.3 is 0 Å². The van der Waals surface area contributed by atoms with Gasteiger partial charge in [-0.3, -0.25) is 4.79 Å². The van der Waals surface area contributed by atoms with Crippen LogP contribution in [0.2, 0.25) is 0 Å². The lowest BCUT2D eigenvalue weighted by molar-refractivity contribution is -0.130. The van der Waals surface area contributed by atoms with Crippen LogP contribution in [0.1, 0.15) is 23.1 Å². The van der Waals surface area contributed by atoms with Gasteiger partial charge in [-0.2, -0.15) is 5.10 Å². The molecule has 2 aliphatic heterocycles. The highest BCUT2D eigenvalue weighted by molar-refractivity contribution is 8.00. The molecule has 1 amide bonds. The predicted octanol–water partition coefficient (Wildman–Crippen LogP) is 4.58. The van der Waals surface area contributed by atoms with Crippen molar-refractivity contribution in [1.82, 2.24) is 5.01 Å². The Morgan fingerprint density at radius 2 is 2.07 bits per heavy atom. The Morgan fingerprint density at radius 1 is 1.17 bits per heavy atom. The van der Waals surface area contributed by atoms with E-state index in [2.05, 4.69) is 5.10 Å². The molecule has 0 bridgehead atoms. The molecule has 0 saturated carbocycles. The summed E-state index contributed by atoms with van der Waals surface area (Å²) in [6.07, 6.45) is 2.28. The van der Waals surface area contributed by atoms with Crippen LogP contribution in [0.5, 0.6) is 11.5 Å². The van der Waals surface area contributed by atoms with E-state index in [4.69, 9.17) is 13.9 Å². The molecular weight excluding hydrogens is 408 g/mol. The molecule has 1 unspecified atom stereocenters. The van der Waals surface area contributed by atoms with Crippen LogP contribution in [0.25, 0.3) is 0 Å². The highest BCUT2D eigenvalue weighted by Crippen LogP contribution is 2.37. The minimum atomic E-state index is -0.213. The average molecular weight is 427 g/mol. The third-order valence-corrected chi connectivity index (χ3v) is 6.62. The number of ether oxygens (including phenoxy) is 2. The monoisotopic (exact) mass is 426 g/mol. The number of benzene rings is 1. The number of thiophene rings is 1. The third kappa shape index (κ3) is 3.77. The normalized spacial score (nSPS) is 18.0. The van der Waals surface area contributed by atoms with Crippen LogP contribution < -0.4 is 9.47 Å². The molecule has 29 heavy (non-hydrogen) atoms. The molecule has 2 aliphatic rings. The first-order valence-electron chi connectivity index (χ1n) is 9.27. The molecule has 0 aliphatic carbocycles. The van der Waals surface area contributed by atoms with Crippen molar-refractivity contribution in [3.63, 3.8) is 0 Å². The van der Waals surface area contributed by atoms with Gasteiger partial charge in [0.1, 0.15) is 25.0 Å². The van der Waals surface area contributed by atoms with Gasteiger partial charge in [0, 0.05) is 11.3 Å². The molecule has 0 N–H and O–H groups in total. The van der Waals surface area contributed by atoms with Crippen LogP contribution >= 0.6 is 23.1 Å². The van der Waals surface area contributed by atoms with E-state index in [1.54, 1.807) is 22.6 Å². The maximum atomic E-state index is 13.0. The van der Waals surface area contributed by atoms with E-state index < -0.39 is 0 Å². The molecule has 0 fully saturated rings. The van der Waals surface area contributed by atoms with Crippen molar-refractivity contribution in [3.8, 4) is 11.5 Å². The summed E-state index contributed by atoms with van der Waals surface area (Å²) in [6, 6.07) is 13.3. The fourth-order valence-electron chi connectivity index (χ4n) is 3.36. The Labute approximate surface area is 176 Å². The molecule has 2 aromatic heterocycles. The number of fused-ring (bicyclic) bond motifs is 1. The Hall–Kier alpha value is -2.71. The van der Waals surface area contributed by atoms with Gasteiger partial charge in [-0.05, 0) is 41.8 Å². The van der Waals surface area contributed by atoms with E-state index in [0.717, 1.165) is 32.7 Å². The first-order valence-corrected chi connectivity index (χ1v) is 11.1. The zero-order valence-electron chi connectivity index (χ0n) is 15.4. The van der Waals surface area contributed by atoms with Crippen LogP contribution in [-0.4, -0.2) is 35.6 Å². The van der Waals surface area contributed by atoms with Crippen LogP contribution in [0.3, 0.4) is 0 Å². The van der Waals surface area contributed by atoms with Gasteiger partial charge in [-0.15, -0.1) is 23.1 Å². The zero-order chi connectivity index (χ0) is 19.6. The molecular formula is C21H18N2O4S2.